The Morgan fingerprint density at radius 2 is 2.09 bits per heavy atom. The standard InChI is InChI=1S/C19H22N2O2/c1-13-11-16(22)9-8-15(13)12-17(20)19(23)21-10-4-6-14-5-2-3-7-18(14)21/h2-3,5,7-9,11,17,22H,4,6,10,12,20H2,1H3/t17-/m0/s1. The lowest BCUT2D eigenvalue weighted by atomic mass is 9.98. The predicted octanol–water partition coefficient (Wildman–Crippen LogP) is 2.55. The molecular formula is C19H22N2O2. The average molecular weight is 310 g/mol. The molecule has 2 aromatic rings. The van der Waals surface area contributed by atoms with Crippen molar-refractivity contribution in [1.82, 2.24) is 0 Å². The number of benzene rings is 2. The maximum absolute atomic E-state index is 12.8. The highest BCUT2D eigenvalue weighted by Gasteiger charge is 2.26. The first kappa shape index (κ1) is 15.6. The van der Waals surface area contributed by atoms with Gasteiger partial charge in [-0.25, -0.2) is 0 Å². The Morgan fingerprint density at radius 1 is 1.30 bits per heavy atom. The van der Waals surface area contributed by atoms with Gasteiger partial charge in [0.2, 0.25) is 5.91 Å². The Hall–Kier alpha value is -2.33. The number of hydrogen-bond acceptors (Lipinski definition) is 3. The number of anilines is 1. The number of hydrogen-bond donors (Lipinski definition) is 2. The van der Waals surface area contributed by atoms with Gasteiger partial charge in [0.1, 0.15) is 5.75 Å². The van der Waals surface area contributed by atoms with Crippen LogP contribution in [0.2, 0.25) is 0 Å². The molecule has 0 saturated heterocycles. The van der Waals surface area contributed by atoms with Crippen LogP contribution in [0, 0.1) is 6.92 Å². The van der Waals surface area contributed by atoms with E-state index in [1.807, 2.05) is 36.1 Å². The minimum Gasteiger partial charge on any atom is -0.508 e. The maximum atomic E-state index is 12.8. The fraction of sp³-hybridized carbons (Fsp3) is 0.316. The zero-order valence-corrected chi connectivity index (χ0v) is 13.3. The van der Waals surface area contributed by atoms with E-state index in [0.29, 0.717) is 6.42 Å². The molecule has 3 rings (SSSR count). The molecule has 1 aliphatic heterocycles. The molecule has 4 nitrogen and oxygen atoms in total. The Kier molecular flexibility index (Phi) is 4.35. The SMILES string of the molecule is Cc1cc(O)ccc1C[C@H](N)C(=O)N1CCCc2ccccc21. The van der Waals surface area contributed by atoms with Crippen LogP contribution in [0.5, 0.6) is 5.75 Å². The number of nitrogens with zero attached hydrogens (tertiary/aromatic N) is 1. The van der Waals surface area contributed by atoms with Crippen molar-refractivity contribution in [3.8, 4) is 5.75 Å². The van der Waals surface area contributed by atoms with Gasteiger partial charge in [-0.2, -0.15) is 0 Å². The van der Waals surface area contributed by atoms with Crippen molar-refractivity contribution in [3.63, 3.8) is 0 Å². The molecule has 0 aliphatic carbocycles. The van der Waals surface area contributed by atoms with E-state index in [1.165, 1.54) is 5.56 Å². The summed E-state index contributed by atoms with van der Waals surface area (Å²) in [4.78, 5) is 14.6. The molecular weight excluding hydrogens is 288 g/mol. The van der Waals surface area contributed by atoms with E-state index in [4.69, 9.17) is 5.73 Å². The normalized spacial score (nSPS) is 15.1. The summed E-state index contributed by atoms with van der Waals surface area (Å²) >= 11 is 0. The first-order valence-corrected chi connectivity index (χ1v) is 7.99. The number of nitrogens with two attached hydrogens (primary N) is 1. The average Bonchev–Trinajstić information content (AvgIpc) is 2.56. The van der Waals surface area contributed by atoms with Crippen LogP contribution in [0.25, 0.3) is 0 Å². The molecule has 23 heavy (non-hydrogen) atoms. The number of amides is 1. The minimum atomic E-state index is -0.579. The molecule has 0 radical (unpaired) electrons. The molecule has 1 heterocycles. The monoisotopic (exact) mass is 310 g/mol. The number of fused-ring (bicyclic) bond motifs is 1. The summed E-state index contributed by atoms with van der Waals surface area (Å²) < 4.78 is 0. The Morgan fingerprint density at radius 3 is 2.87 bits per heavy atom. The topological polar surface area (TPSA) is 66.6 Å². The van der Waals surface area contributed by atoms with Crippen molar-refractivity contribution >= 4 is 11.6 Å². The molecule has 0 spiro atoms. The number of rotatable bonds is 3. The molecule has 1 atom stereocenters. The number of aromatic hydroxyl groups is 1. The molecule has 0 fully saturated rings. The van der Waals surface area contributed by atoms with Crippen LogP contribution in [0.4, 0.5) is 5.69 Å². The molecule has 0 bridgehead atoms. The van der Waals surface area contributed by atoms with E-state index in [-0.39, 0.29) is 11.7 Å². The molecule has 1 amide bonds. The second-order valence-corrected chi connectivity index (χ2v) is 6.14. The Balaban J connectivity index is 1.78. The summed E-state index contributed by atoms with van der Waals surface area (Å²) in [5, 5.41) is 9.49. The van der Waals surface area contributed by atoms with Gasteiger partial charge >= 0.3 is 0 Å². The third kappa shape index (κ3) is 3.22. The van der Waals surface area contributed by atoms with Gasteiger partial charge in [-0.1, -0.05) is 24.3 Å². The Labute approximate surface area is 136 Å². The predicted molar refractivity (Wildman–Crippen MR) is 91.6 cm³/mol. The lowest BCUT2D eigenvalue weighted by Crippen LogP contribution is -2.47. The number of phenolic OH excluding ortho intramolecular Hbond substituents is 1. The molecule has 0 unspecified atom stereocenters. The molecule has 3 N–H and O–H groups in total. The fourth-order valence-corrected chi connectivity index (χ4v) is 3.20. The highest BCUT2D eigenvalue weighted by atomic mass is 16.3. The lowest BCUT2D eigenvalue weighted by molar-refractivity contribution is -0.119. The van der Waals surface area contributed by atoms with Gasteiger partial charge in [0.15, 0.2) is 0 Å². The number of carbonyl (C=O) groups excluding carboxylic acids is 1. The van der Waals surface area contributed by atoms with Crippen molar-refractivity contribution in [2.24, 2.45) is 5.73 Å². The maximum Gasteiger partial charge on any atom is 0.244 e. The summed E-state index contributed by atoms with van der Waals surface area (Å²) in [6.45, 7) is 2.64. The van der Waals surface area contributed by atoms with Gasteiger partial charge in [0.25, 0.3) is 0 Å². The second kappa shape index (κ2) is 6.42. The number of phenols is 1. The minimum absolute atomic E-state index is 0.0374. The zero-order valence-electron chi connectivity index (χ0n) is 13.3. The largest absolute Gasteiger partial charge is 0.508 e. The van der Waals surface area contributed by atoms with Gasteiger partial charge in [-0.15, -0.1) is 0 Å². The summed E-state index contributed by atoms with van der Waals surface area (Å²) in [5.41, 5.74) is 10.3. The van der Waals surface area contributed by atoms with Crippen LogP contribution in [0.15, 0.2) is 42.5 Å². The van der Waals surface area contributed by atoms with Crippen LogP contribution >= 0.6 is 0 Å². The van der Waals surface area contributed by atoms with E-state index in [9.17, 15) is 9.90 Å². The molecule has 120 valence electrons. The van der Waals surface area contributed by atoms with Crippen LogP contribution in [0.3, 0.4) is 0 Å². The van der Waals surface area contributed by atoms with Gasteiger partial charge in [-0.3, -0.25) is 4.79 Å². The van der Waals surface area contributed by atoms with Crippen molar-refractivity contribution < 1.29 is 9.90 Å². The van der Waals surface area contributed by atoms with Crippen LogP contribution in [-0.4, -0.2) is 23.6 Å². The summed E-state index contributed by atoms with van der Waals surface area (Å²) in [6, 6.07) is 12.6. The van der Waals surface area contributed by atoms with E-state index in [0.717, 1.165) is 36.2 Å². The summed E-state index contributed by atoms with van der Waals surface area (Å²) in [6.07, 6.45) is 2.45. The lowest BCUT2D eigenvalue weighted by Gasteiger charge is -2.31. The summed E-state index contributed by atoms with van der Waals surface area (Å²) in [7, 11) is 0. The highest BCUT2D eigenvalue weighted by molar-refractivity contribution is 5.98. The van der Waals surface area contributed by atoms with Gasteiger partial charge in [-0.05, 0) is 61.1 Å². The van der Waals surface area contributed by atoms with E-state index >= 15 is 0 Å². The van der Waals surface area contributed by atoms with Gasteiger partial charge < -0.3 is 15.7 Å². The van der Waals surface area contributed by atoms with Crippen LogP contribution in [-0.2, 0) is 17.6 Å². The van der Waals surface area contributed by atoms with Crippen molar-refractivity contribution in [1.29, 1.82) is 0 Å². The molecule has 4 heteroatoms. The number of carbonyl (C=O) groups is 1. The third-order valence-electron chi connectivity index (χ3n) is 4.46. The van der Waals surface area contributed by atoms with E-state index < -0.39 is 6.04 Å². The van der Waals surface area contributed by atoms with Crippen molar-refractivity contribution in [2.75, 3.05) is 11.4 Å². The van der Waals surface area contributed by atoms with Crippen molar-refractivity contribution in [3.05, 3.63) is 59.2 Å². The first-order valence-electron chi connectivity index (χ1n) is 7.99. The molecule has 0 saturated carbocycles. The molecule has 1 aliphatic rings. The first-order chi connectivity index (χ1) is 11.1. The zero-order chi connectivity index (χ0) is 16.4. The third-order valence-corrected chi connectivity index (χ3v) is 4.46. The van der Waals surface area contributed by atoms with E-state index in [2.05, 4.69) is 6.07 Å². The molecule has 0 aromatic heterocycles. The fourth-order valence-electron chi connectivity index (χ4n) is 3.20. The second-order valence-electron chi connectivity index (χ2n) is 6.14. The smallest absolute Gasteiger partial charge is 0.244 e. The number of aryl methyl sites for hydroxylation is 2. The van der Waals surface area contributed by atoms with Crippen LogP contribution in [0.1, 0.15) is 23.1 Å². The Bertz CT molecular complexity index is 727. The summed E-state index contributed by atoms with van der Waals surface area (Å²) in [5.74, 6) is 0.195. The van der Waals surface area contributed by atoms with Gasteiger partial charge in [0.05, 0.1) is 6.04 Å². The quantitative estimate of drug-likeness (QED) is 0.915. The van der Waals surface area contributed by atoms with Crippen LogP contribution < -0.4 is 10.6 Å². The van der Waals surface area contributed by atoms with E-state index in [1.54, 1.807) is 12.1 Å². The van der Waals surface area contributed by atoms with Crippen molar-refractivity contribution in [2.45, 2.75) is 32.2 Å². The number of para-hydroxylation sites is 1. The van der Waals surface area contributed by atoms with Gasteiger partial charge in [0, 0.05) is 12.2 Å². The highest BCUT2D eigenvalue weighted by Crippen LogP contribution is 2.27. The molecule has 2 aromatic carbocycles.